The molecule has 0 spiro atoms. The third-order valence-corrected chi connectivity index (χ3v) is 4.02. The molecule has 1 unspecified atom stereocenters. The maximum Gasteiger partial charge on any atom is 0.276 e. The topological polar surface area (TPSA) is 94.1 Å². The van der Waals surface area contributed by atoms with Crippen molar-refractivity contribution in [2.45, 2.75) is 18.9 Å². The van der Waals surface area contributed by atoms with Gasteiger partial charge in [0.1, 0.15) is 11.7 Å². The lowest BCUT2D eigenvalue weighted by atomic mass is 10.2. The number of carbonyl (C=O) groups is 2. The molecule has 2 aromatic rings. The summed E-state index contributed by atoms with van der Waals surface area (Å²) in [7, 11) is 0. The Kier molecular flexibility index (Phi) is 3.99. The second-order valence-electron chi connectivity index (χ2n) is 5.18. The molecule has 1 saturated heterocycles. The van der Waals surface area contributed by atoms with Crippen molar-refractivity contribution in [2.75, 3.05) is 6.54 Å². The third kappa shape index (κ3) is 2.77. The molecule has 1 fully saturated rings. The minimum atomic E-state index is -0.658. The van der Waals surface area contributed by atoms with E-state index < -0.39 is 23.7 Å². The lowest BCUT2D eigenvalue weighted by Gasteiger charge is -2.20. The molecule has 3 rings (SSSR count). The van der Waals surface area contributed by atoms with Crippen LogP contribution >= 0.6 is 11.6 Å². The van der Waals surface area contributed by atoms with E-state index in [1.165, 1.54) is 23.2 Å². The highest BCUT2D eigenvalue weighted by Crippen LogP contribution is 2.22. The smallest absolute Gasteiger partial charge is 0.276 e. The van der Waals surface area contributed by atoms with Crippen LogP contribution in [-0.2, 0) is 4.79 Å². The number of likely N-dealkylation sites (tertiary alicyclic amines) is 1. The van der Waals surface area contributed by atoms with Crippen LogP contribution in [0.2, 0.25) is 5.02 Å². The summed E-state index contributed by atoms with van der Waals surface area (Å²) in [4.78, 5) is 25.2. The molecule has 1 aromatic carbocycles. The number of primary amides is 1. The maximum atomic E-state index is 14.0. The van der Waals surface area contributed by atoms with Crippen molar-refractivity contribution in [3.8, 4) is 5.69 Å². The largest absolute Gasteiger partial charge is 0.368 e. The van der Waals surface area contributed by atoms with Crippen molar-refractivity contribution in [1.29, 1.82) is 0 Å². The van der Waals surface area contributed by atoms with Crippen molar-refractivity contribution in [1.82, 2.24) is 19.9 Å². The number of benzene rings is 1. The Morgan fingerprint density at radius 1 is 1.39 bits per heavy atom. The predicted octanol–water partition coefficient (Wildman–Crippen LogP) is 1.15. The number of rotatable bonds is 3. The van der Waals surface area contributed by atoms with Gasteiger partial charge in [0.15, 0.2) is 11.5 Å². The average Bonchev–Trinajstić information content (AvgIpc) is 3.18. The summed E-state index contributed by atoms with van der Waals surface area (Å²) in [6.07, 6.45) is 2.52. The van der Waals surface area contributed by atoms with Gasteiger partial charge in [-0.2, -0.15) is 0 Å². The molecule has 1 aliphatic rings. The highest BCUT2D eigenvalue weighted by molar-refractivity contribution is 6.30. The molecule has 7 nitrogen and oxygen atoms in total. The normalized spacial score (nSPS) is 17.5. The summed E-state index contributed by atoms with van der Waals surface area (Å²) in [6, 6.07) is 3.79. The summed E-state index contributed by atoms with van der Waals surface area (Å²) in [5, 5.41) is 7.46. The van der Waals surface area contributed by atoms with Crippen LogP contribution in [0.5, 0.6) is 0 Å². The van der Waals surface area contributed by atoms with Gasteiger partial charge in [-0.05, 0) is 25.0 Å². The molecule has 0 radical (unpaired) electrons. The summed E-state index contributed by atoms with van der Waals surface area (Å²) >= 11 is 5.73. The van der Waals surface area contributed by atoms with Crippen molar-refractivity contribution in [3.63, 3.8) is 0 Å². The fraction of sp³-hybridized carbons (Fsp3) is 0.286. The van der Waals surface area contributed by atoms with Crippen molar-refractivity contribution < 1.29 is 14.0 Å². The monoisotopic (exact) mass is 337 g/mol. The first kappa shape index (κ1) is 15.4. The first-order valence-corrected chi connectivity index (χ1v) is 7.34. The summed E-state index contributed by atoms with van der Waals surface area (Å²) in [5.41, 5.74) is 5.39. The second kappa shape index (κ2) is 5.96. The molecular formula is C14H13ClFN5O2. The molecule has 120 valence electrons. The van der Waals surface area contributed by atoms with E-state index in [1.807, 2.05) is 0 Å². The molecule has 1 atom stereocenters. The van der Waals surface area contributed by atoms with Gasteiger partial charge in [-0.1, -0.05) is 22.9 Å². The molecule has 0 bridgehead atoms. The number of hydrogen-bond acceptors (Lipinski definition) is 4. The molecule has 2 heterocycles. The quantitative estimate of drug-likeness (QED) is 0.909. The number of nitrogens with zero attached hydrogens (tertiary/aromatic N) is 4. The number of nitrogens with two attached hydrogens (primary N) is 1. The lowest BCUT2D eigenvalue weighted by molar-refractivity contribution is -0.121. The molecule has 2 amide bonds. The summed E-state index contributed by atoms with van der Waals surface area (Å²) < 4.78 is 15.1. The van der Waals surface area contributed by atoms with Gasteiger partial charge in [0, 0.05) is 6.54 Å². The van der Waals surface area contributed by atoms with Crippen LogP contribution in [0.3, 0.4) is 0 Å². The second-order valence-corrected chi connectivity index (χ2v) is 5.59. The fourth-order valence-corrected chi connectivity index (χ4v) is 2.77. The summed E-state index contributed by atoms with van der Waals surface area (Å²) in [6.45, 7) is 0.421. The average molecular weight is 338 g/mol. The lowest BCUT2D eigenvalue weighted by Crippen LogP contribution is -2.43. The van der Waals surface area contributed by atoms with Crippen LogP contribution in [0.15, 0.2) is 24.4 Å². The molecule has 1 aromatic heterocycles. The van der Waals surface area contributed by atoms with Crippen LogP contribution < -0.4 is 5.73 Å². The first-order valence-electron chi connectivity index (χ1n) is 6.96. The van der Waals surface area contributed by atoms with Crippen molar-refractivity contribution in [3.05, 3.63) is 40.9 Å². The van der Waals surface area contributed by atoms with E-state index in [9.17, 15) is 14.0 Å². The number of halogens is 2. The number of hydrogen-bond donors (Lipinski definition) is 1. The standard InChI is InChI=1S/C14H13ClFN5O2/c15-8-3-1-4-10(12(8)16)21-7-9(18-19-21)14(23)20-6-2-5-11(20)13(17)22/h1,3-4,7,11H,2,5-6H2,(H2,17,22). The van der Waals surface area contributed by atoms with Crippen LogP contribution in [0.25, 0.3) is 5.69 Å². The number of aromatic nitrogens is 3. The number of carbonyl (C=O) groups excluding carboxylic acids is 2. The van der Waals surface area contributed by atoms with Crippen molar-refractivity contribution in [2.24, 2.45) is 5.73 Å². The van der Waals surface area contributed by atoms with E-state index in [0.29, 0.717) is 19.4 Å². The Labute approximate surface area is 135 Å². The van der Waals surface area contributed by atoms with Gasteiger partial charge in [-0.25, -0.2) is 9.07 Å². The molecule has 0 aliphatic carbocycles. The van der Waals surface area contributed by atoms with Crippen LogP contribution in [-0.4, -0.2) is 44.3 Å². The van der Waals surface area contributed by atoms with E-state index >= 15 is 0 Å². The van der Waals surface area contributed by atoms with Gasteiger partial charge in [0.25, 0.3) is 5.91 Å². The minimum absolute atomic E-state index is 0.0116. The molecular weight excluding hydrogens is 325 g/mol. The number of amides is 2. The van der Waals surface area contributed by atoms with Crippen molar-refractivity contribution >= 4 is 23.4 Å². The van der Waals surface area contributed by atoms with Gasteiger partial charge in [-0.3, -0.25) is 9.59 Å². The Hall–Kier alpha value is -2.48. The van der Waals surface area contributed by atoms with Gasteiger partial charge in [0.05, 0.1) is 11.2 Å². The van der Waals surface area contributed by atoms with Crippen LogP contribution in [0.1, 0.15) is 23.3 Å². The summed E-state index contributed by atoms with van der Waals surface area (Å²) in [5.74, 6) is -1.67. The third-order valence-electron chi connectivity index (χ3n) is 3.73. The Morgan fingerprint density at radius 2 is 2.17 bits per heavy atom. The van der Waals surface area contributed by atoms with E-state index in [2.05, 4.69) is 10.3 Å². The van der Waals surface area contributed by atoms with Gasteiger partial charge >= 0.3 is 0 Å². The van der Waals surface area contributed by atoms with E-state index in [0.717, 1.165) is 4.68 Å². The molecule has 23 heavy (non-hydrogen) atoms. The fourth-order valence-electron chi connectivity index (χ4n) is 2.60. The first-order chi connectivity index (χ1) is 11.0. The zero-order valence-electron chi connectivity index (χ0n) is 11.9. The maximum absolute atomic E-state index is 14.0. The van der Waals surface area contributed by atoms with Crippen LogP contribution in [0, 0.1) is 5.82 Å². The van der Waals surface area contributed by atoms with Gasteiger partial charge in [-0.15, -0.1) is 5.10 Å². The molecule has 2 N–H and O–H groups in total. The van der Waals surface area contributed by atoms with E-state index in [4.69, 9.17) is 17.3 Å². The van der Waals surface area contributed by atoms with Gasteiger partial charge < -0.3 is 10.6 Å². The van der Waals surface area contributed by atoms with E-state index in [-0.39, 0.29) is 16.4 Å². The minimum Gasteiger partial charge on any atom is -0.368 e. The zero-order valence-corrected chi connectivity index (χ0v) is 12.7. The van der Waals surface area contributed by atoms with Gasteiger partial charge in [0.2, 0.25) is 5.91 Å². The van der Waals surface area contributed by atoms with E-state index in [1.54, 1.807) is 6.07 Å². The Bertz CT molecular complexity index is 778. The highest BCUT2D eigenvalue weighted by Gasteiger charge is 2.34. The molecule has 0 saturated carbocycles. The highest BCUT2D eigenvalue weighted by atomic mass is 35.5. The zero-order chi connectivity index (χ0) is 16.6. The SMILES string of the molecule is NC(=O)C1CCCN1C(=O)c1cn(-c2cccc(Cl)c2F)nn1. The molecule has 1 aliphatic heterocycles. The predicted molar refractivity (Wildman–Crippen MR) is 79.6 cm³/mol. The molecule has 9 heteroatoms. The van der Waals surface area contributed by atoms with Crippen LogP contribution in [0.4, 0.5) is 4.39 Å². The Balaban J connectivity index is 1.88. The Morgan fingerprint density at radius 3 is 2.91 bits per heavy atom.